The molecule has 6 nitrogen and oxygen atoms in total. The van der Waals surface area contributed by atoms with Gasteiger partial charge in [0.15, 0.2) is 5.82 Å². The Labute approximate surface area is 123 Å². The molecule has 0 radical (unpaired) electrons. The number of likely N-dealkylation sites (N-methyl/N-ethyl adjacent to an activating group) is 1. The lowest BCUT2D eigenvalue weighted by Gasteiger charge is -2.13. The van der Waals surface area contributed by atoms with Crippen LogP contribution in [0.15, 0.2) is 28.8 Å². The predicted molar refractivity (Wildman–Crippen MR) is 74.7 cm³/mol. The van der Waals surface area contributed by atoms with Crippen LogP contribution in [0.5, 0.6) is 0 Å². The summed E-state index contributed by atoms with van der Waals surface area (Å²) in [6.07, 6.45) is 0.702. The molecule has 2 rings (SSSR count). The Morgan fingerprint density at radius 1 is 1.29 bits per heavy atom. The molecule has 1 aromatic carbocycles. The van der Waals surface area contributed by atoms with Crippen LogP contribution in [-0.2, 0) is 6.42 Å². The fourth-order valence-electron chi connectivity index (χ4n) is 2.20. The maximum atomic E-state index is 11.1. The molecule has 0 aliphatic rings. The molecule has 1 aromatic heterocycles. The highest BCUT2D eigenvalue weighted by Crippen LogP contribution is 2.21. The first-order valence-corrected chi connectivity index (χ1v) is 7.12. The van der Waals surface area contributed by atoms with E-state index in [9.17, 15) is 9.90 Å². The first-order chi connectivity index (χ1) is 10.2. The van der Waals surface area contributed by atoms with Crippen LogP contribution in [0.25, 0.3) is 11.5 Å². The fraction of sp³-hybridized carbons (Fsp3) is 0.400. The normalized spacial score (nSPS) is 11.0. The SMILES string of the molecule is CC[NH+](CC)CCc1noc(-c2ccccc2C(=O)[O-])n1. The van der Waals surface area contributed by atoms with Crippen molar-refractivity contribution in [3.8, 4) is 11.5 Å². The molecule has 0 fully saturated rings. The highest BCUT2D eigenvalue weighted by Gasteiger charge is 2.14. The highest BCUT2D eigenvalue weighted by molar-refractivity contribution is 5.93. The summed E-state index contributed by atoms with van der Waals surface area (Å²) in [5, 5.41) is 15.0. The van der Waals surface area contributed by atoms with Gasteiger partial charge in [0.05, 0.1) is 32.0 Å². The van der Waals surface area contributed by atoms with E-state index in [0.717, 1.165) is 19.6 Å². The van der Waals surface area contributed by atoms with Gasteiger partial charge in [0.1, 0.15) is 0 Å². The molecule has 2 aromatic rings. The van der Waals surface area contributed by atoms with E-state index in [-0.39, 0.29) is 11.5 Å². The monoisotopic (exact) mass is 289 g/mol. The summed E-state index contributed by atoms with van der Waals surface area (Å²) < 4.78 is 5.18. The Morgan fingerprint density at radius 2 is 2.00 bits per heavy atom. The second-order valence-electron chi connectivity index (χ2n) is 4.81. The van der Waals surface area contributed by atoms with E-state index in [4.69, 9.17) is 4.52 Å². The largest absolute Gasteiger partial charge is 0.545 e. The van der Waals surface area contributed by atoms with Crippen LogP contribution in [0, 0.1) is 0 Å². The fourth-order valence-corrected chi connectivity index (χ4v) is 2.20. The third-order valence-corrected chi connectivity index (χ3v) is 3.55. The number of carbonyl (C=O) groups excluding carboxylic acids is 1. The van der Waals surface area contributed by atoms with E-state index in [2.05, 4.69) is 24.0 Å². The summed E-state index contributed by atoms with van der Waals surface area (Å²) in [7, 11) is 0. The van der Waals surface area contributed by atoms with Gasteiger partial charge in [-0.3, -0.25) is 0 Å². The first kappa shape index (κ1) is 15.2. The minimum atomic E-state index is -1.25. The minimum Gasteiger partial charge on any atom is -0.545 e. The van der Waals surface area contributed by atoms with Crippen molar-refractivity contribution in [2.24, 2.45) is 0 Å². The Balaban J connectivity index is 2.15. The summed E-state index contributed by atoms with van der Waals surface area (Å²) >= 11 is 0. The van der Waals surface area contributed by atoms with Crippen molar-refractivity contribution in [3.63, 3.8) is 0 Å². The number of aromatic carboxylic acids is 1. The van der Waals surface area contributed by atoms with E-state index in [1.165, 1.54) is 11.0 Å². The Hall–Kier alpha value is -2.21. The number of quaternary nitrogens is 1. The van der Waals surface area contributed by atoms with Crippen molar-refractivity contribution in [1.82, 2.24) is 10.1 Å². The van der Waals surface area contributed by atoms with E-state index in [1.807, 2.05) is 0 Å². The van der Waals surface area contributed by atoms with E-state index in [0.29, 0.717) is 17.8 Å². The zero-order valence-electron chi connectivity index (χ0n) is 12.3. The smallest absolute Gasteiger partial charge is 0.258 e. The number of carboxylic acids is 1. The Morgan fingerprint density at radius 3 is 2.67 bits per heavy atom. The predicted octanol–water partition coefficient (Wildman–Crippen LogP) is -0.433. The molecule has 0 saturated carbocycles. The van der Waals surface area contributed by atoms with Gasteiger partial charge in [0.25, 0.3) is 5.89 Å². The van der Waals surface area contributed by atoms with Gasteiger partial charge in [-0.2, -0.15) is 4.98 Å². The Kier molecular flexibility index (Phi) is 5.05. The van der Waals surface area contributed by atoms with Gasteiger partial charge in [-0.05, 0) is 19.9 Å². The van der Waals surface area contributed by atoms with Gasteiger partial charge < -0.3 is 19.3 Å². The van der Waals surface area contributed by atoms with E-state index in [1.54, 1.807) is 18.2 Å². The topological polar surface area (TPSA) is 83.5 Å². The van der Waals surface area contributed by atoms with Gasteiger partial charge in [0, 0.05) is 11.1 Å². The minimum absolute atomic E-state index is 0.0575. The van der Waals surface area contributed by atoms with Crippen LogP contribution in [0.3, 0.4) is 0 Å². The average molecular weight is 289 g/mol. The summed E-state index contributed by atoms with van der Waals surface area (Å²) in [4.78, 5) is 16.8. The molecule has 0 spiro atoms. The quantitative estimate of drug-likeness (QED) is 0.747. The van der Waals surface area contributed by atoms with Crippen molar-refractivity contribution in [2.45, 2.75) is 20.3 Å². The number of aromatic nitrogens is 2. The number of carbonyl (C=O) groups is 1. The summed E-state index contributed by atoms with van der Waals surface area (Å²) in [5.74, 6) is -0.435. The van der Waals surface area contributed by atoms with Crippen LogP contribution >= 0.6 is 0 Å². The zero-order chi connectivity index (χ0) is 15.2. The summed E-state index contributed by atoms with van der Waals surface area (Å²) in [6.45, 7) is 7.30. The number of carboxylic acid groups (broad SMARTS) is 1. The van der Waals surface area contributed by atoms with Crippen LogP contribution in [0.2, 0.25) is 0 Å². The van der Waals surface area contributed by atoms with Crippen molar-refractivity contribution in [3.05, 3.63) is 35.7 Å². The van der Waals surface area contributed by atoms with Gasteiger partial charge in [0.2, 0.25) is 0 Å². The van der Waals surface area contributed by atoms with Gasteiger partial charge in [-0.1, -0.05) is 23.4 Å². The molecule has 0 aliphatic carbocycles. The molecular weight excluding hydrogens is 270 g/mol. The van der Waals surface area contributed by atoms with Crippen molar-refractivity contribution in [2.75, 3.05) is 19.6 Å². The van der Waals surface area contributed by atoms with Crippen LogP contribution in [0.1, 0.15) is 30.0 Å². The van der Waals surface area contributed by atoms with E-state index < -0.39 is 5.97 Å². The Bertz CT molecular complexity index is 606. The second kappa shape index (κ2) is 6.99. The van der Waals surface area contributed by atoms with E-state index >= 15 is 0 Å². The van der Waals surface area contributed by atoms with Gasteiger partial charge >= 0.3 is 0 Å². The average Bonchev–Trinajstić information content (AvgIpc) is 2.97. The second-order valence-corrected chi connectivity index (χ2v) is 4.81. The molecule has 0 bridgehead atoms. The van der Waals surface area contributed by atoms with Gasteiger partial charge in [-0.15, -0.1) is 0 Å². The molecule has 0 atom stereocenters. The molecule has 0 aliphatic heterocycles. The highest BCUT2D eigenvalue weighted by atomic mass is 16.5. The lowest BCUT2D eigenvalue weighted by molar-refractivity contribution is -0.896. The summed E-state index contributed by atoms with van der Waals surface area (Å²) in [5.41, 5.74) is 0.452. The number of nitrogens with one attached hydrogen (secondary N) is 1. The number of rotatable bonds is 7. The molecule has 0 saturated heterocycles. The van der Waals surface area contributed by atoms with Crippen molar-refractivity contribution >= 4 is 5.97 Å². The van der Waals surface area contributed by atoms with Crippen LogP contribution < -0.4 is 10.0 Å². The first-order valence-electron chi connectivity index (χ1n) is 7.12. The third kappa shape index (κ3) is 3.66. The van der Waals surface area contributed by atoms with Crippen LogP contribution in [0.4, 0.5) is 0 Å². The molecular formula is C15H19N3O3. The molecule has 21 heavy (non-hydrogen) atoms. The lowest BCUT2D eigenvalue weighted by atomic mass is 10.1. The van der Waals surface area contributed by atoms with Gasteiger partial charge in [-0.25, -0.2) is 0 Å². The van der Waals surface area contributed by atoms with Crippen LogP contribution in [-0.4, -0.2) is 35.7 Å². The number of benzene rings is 1. The molecule has 0 amide bonds. The summed E-state index contributed by atoms with van der Waals surface area (Å²) in [6, 6.07) is 6.47. The molecule has 6 heteroatoms. The van der Waals surface area contributed by atoms with Crippen molar-refractivity contribution in [1.29, 1.82) is 0 Å². The lowest BCUT2D eigenvalue weighted by Crippen LogP contribution is -3.11. The maximum absolute atomic E-state index is 11.1. The molecule has 112 valence electrons. The molecule has 0 unspecified atom stereocenters. The zero-order valence-corrected chi connectivity index (χ0v) is 12.3. The number of hydrogen-bond acceptors (Lipinski definition) is 5. The molecule has 1 heterocycles. The number of nitrogens with zero attached hydrogens (tertiary/aromatic N) is 2. The molecule has 1 N–H and O–H groups in total. The standard InChI is InChI=1S/C15H19N3O3/c1-3-18(4-2)10-9-13-16-14(21-17-13)11-7-5-6-8-12(11)15(19)20/h5-8H,3-4,9-10H2,1-2H3,(H,19,20). The maximum Gasteiger partial charge on any atom is 0.258 e. The third-order valence-electron chi connectivity index (χ3n) is 3.55. The number of hydrogen-bond donors (Lipinski definition) is 1. The van der Waals surface area contributed by atoms with Crippen molar-refractivity contribution < 1.29 is 19.3 Å².